The predicted molar refractivity (Wildman–Crippen MR) is 108 cm³/mol. The van der Waals surface area contributed by atoms with E-state index in [0.29, 0.717) is 32.4 Å². The van der Waals surface area contributed by atoms with Crippen LogP contribution in [0.2, 0.25) is 0 Å². The zero-order valence-corrected chi connectivity index (χ0v) is 16.6. The lowest BCUT2D eigenvalue weighted by atomic mass is 9.86. The maximum atomic E-state index is 11.8. The zero-order chi connectivity index (χ0) is 19.3. The number of hydrogen-bond donors (Lipinski definition) is 2. The Balaban J connectivity index is 1.69. The molecule has 0 saturated heterocycles. The maximum absolute atomic E-state index is 11.8. The summed E-state index contributed by atoms with van der Waals surface area (Å²) in [5, 5.41) is 6.77. The Labute approximate surface area is 162 Å². The molecule has 1 aromatic carbocycles. The van der Waals surface area contributed by atoms with Crippen molar-refractivity contribution in [3.63, 3.8) is 0 Å². The van der Waals surface area contributed by atoms with Gasteiger partial charge in [-0.1, -0.05) is 30.3 Å². The number of nitrogens with zero attached hydrogens (tertiary/aromatic N) is 1. The van der Waals surface area contributed by atoms with Gasteiger partial charge in [0.2, 0.25) is 0 Å². The summed E-state index contributed by atoms with van der Waals surface area (Å²) in [6, 6.07) is 10.5. The Morgan fingerprint density at radius 2 is 1.89 bits per heavy atom. The highest BCUT2D eigenvalue weighted by molar-refractivity contribution is 5.80. The van der Waals surface area contributed by atoms with Gasteiger partial charge in [-0.05, 0) is 45.1 Å². The largest absolute Gasteiger partial charge is 0.466 e. The number of guanidine groups is 1. The van der Waals surface area contributed by atoms with Crippen LogP contribution in [0.4, 0.5) is 0 Å². The number of rotatable bonds is 9. The average Bonchev–Trinajstić information content (AvgIpc) is 2.69. The molecule has 6 heteroatoms. The van der Waals surface area contributed by atoms with Crippen molar-refractivity contribution in [2.45, 2.75) is 52.2 Å². The lowest BCUT2D eigenvalue weighted by Gasteiger charge is -2.29. The summed E-state index contributed by atoms with van der Waals surface area (Å²) in [6.07, 6.45) is 3.66. The van der Waals surface area contributed by atoms with E-state index >= 15 is 0 Å². The molecule has 1 aliphatic carbocycles. The molecule has 2 rings (SSSR count). The average molecular weight is 376 g/mol. The summed E-state index contributed by atoms with van der Waals surface area (Å²) in [5.41, 5.74) is 1.17. The van der Waals surface area contributed by atoms with Crippen LogP contribution in [0, 0.1) is 5.92 Å². The Bertz CT molecular complexity index is 569. The van der Waals surface area contributed by atoms with Gasteiger partial charge in [-0.15, -0.1) is 0 Å². The summed E-state index contributed by atoms with van der Waals surface area (Å²) >= 11 is 0. The van der Waals surface area contributed by atoms with E-state index in [9.17, 15) is 4.79 Å². The van der Waals surface area contributed by atoms with Crippen molar-refractivity contribution in [3.8, 4) is 0 Å². The minimum atomic E-state index is -0.0490. The fourth-order valence-electron chi connectivity index (χ4n) is 3.23. The molecule has 0 unspecified atom stereocenters. The molecule has 0 bridgehead atoms. The van der Waals surface area contributed by atoms with Crippen LogP contribution in [0.1, 0.15) is 45.1 Å². The van der Waals surface area contributed by atoms with Gasteiger partial charge in [0.25, 0.3) is 0 Å². The number of hydrogen-bond acceptors (Lipinski definition) is 4. The second kappa shape index (κ2) is 12.3. The standard InChI is InChI=1S/C21H33N3O3/c1-3-22-21(23-14-15-26-16-17-8-6-5-7-9-17)24-19-12-10-18(11-13-19)20(25)27-4-2/h5-9,18-19H,3-4,10-16H2,1-2H3,(H2,22,23,24). The summed E-state index contributed by atoms with van der Waals surface area (Å²) < 4.78 is 10.8. The molecule has 2 N–H and O–H groups in total. The molecule has 1 fully saturated rings. The molecule has 0 heterocycles. The normalized spacial score (nSPS) is 20.1. The van der Waals surface area contributed by atoms with Gasteiger partial charge in [0.15, 0.2) is 5.96 Å². The quantitative estimate of drug-likeness (QED) is 0.301. The highest BCUT2D eigenvalue weighted by Crippen LogP contribution is 2.25. The SMILES string of the molecule is CCNC(=NCCOCc1ccccc1)NC1CCC(C(=O)OCC)CC1. The number of esters is 1. The van der Waals surface area contributed by atoms with E-state index in [2.05, 4.69) is 34.7 Å². The van der Waals surface area contributed by atoms with E-state index in [0.717, 1.165) is 38.2 Å². The van der Waals surface area contributed by atoms with E-state index in [1.807, 2.05) is 25.1 Å². The van der Waals surface area contributed by atoms with Crippen molar-refractivity contribution in [1.82, 2.24) is 10.6 Å². The van der Waals surface area contributed by atoms with Crippen molar-refractivity contribution in [3.05, 3.63) is 35.9 Å². The van der Waals surface area contributed by atoms with Crippen molar-refractivity contribution in [1.29, 1.82) is 0 Å². The van der Waals surface area contributed by atoms with Gasteiger partial charge in [0.1, 0.15) is 0 Å². The second-order valence-corrected chi connectivity index (χ2v) is 6.74. The van der Waals surface area contributed by atoms with Crippen molar-refractivity contribution >= 4 is 11.9 Å². The zero-order valence-electron chi connectivity index (χ0n) is 16.6. The minimum Gasteiger partial charge on any atom is -0.466 e. The highest BCUT2D eigenvalue weighted by atomic mass is 16.5. The van der Waals surface area contributed by atoms with Gasteiger partial charge < -0.3 is 20.1 Å². The third-order valence-corrected chi connectivity index (χ3v) is 4.65. The molecule has 1 saturated carbocycles. The number of carbonyl (C=O) groups excluding carboxylic acids is 1. The van der Waals surface area contributed by atoms with Crippen molar-refractivity contribution < 1.29 is 14.3 Å². The van der Waals surface area contributed by atoms with Gasteiger partial charge in [-0.3, -0.25) is 9.79 Å². The summed E-state index contributed by atoms with van der Waals surface area (Å²) in [7, 11) is 0. The molecule has 0 aromatic heterocycles. The topological polar surface area (TPSA) is 72.0 Å². The predicted octanol–water partition coefficient (Wildman–Crippen LogP) is 2.88. The second-order valence-electron chi connectivity index (χ2n) is 6.74. The third kappa shape index (κ3) is 7.99. The van der Waals surface area contributed by atoms with Crippen LogP contribution in [-0.4, -0.2) is 44.3 Å². The number of carbonyl (C=O) groups is 1. The maximum Gasteiger partial charge on any atom is 0.308 e. The van der Waals surface area contributed by atoms with Crippen LogP contribution in [0.5, 0.6) is 0 Å². The molecule has 0 amide bonds. The molecule has 1 aromatic rings. The molecule has 0 spiro atoms. The molecule has 150 valence electrons. The fourth-order valence-corrected chi connectivity index (χ4v) is 3.23. The molecule has 6 nitrogen and oxygen atoms in total. The lowest BCUT2D eigenvalue weighted by Crippen LogP contribution is -2.45. The minimum absolute atomic E-state index is 0.0490. The van der Waals surface area contributed by atoms with Crippen molar-refractivity contribution in [2.24, 2.45) is 10.9 Å². The molecule has 1 aliphatic rings. The monoisotopic (exact) mass is 375 g/mol. The number of aliphatic imine (C=N–C) groups is 1. The lowest BCUT2D eigenvalue weighted by molar-refractivity contribution is -0.149. The molecule has 0 radical (unpaired) electrons. The van der Waals surface area contributed by atoms with Crippen LogP contribution in [0.15, 0.2) is 35.3 Å². The first-order valence-electron chi connectivity index (χ1n) is 10.1. The Kier molecular flexibility index (Phi) is 9.69. The summed E-state index contributed by atoms with van der Waals surface area (Å²) in [4.78, 5) is 16.4. The van der Waals surface area contributed by atoms with Gasteiger partial charge in [0, 0.05) is 12.6 Å². The number of benzene rings is 1. The molecule has 27 heavy (non-hydrogen) atoms. The molecular formula is C21H33N3O3. The molecular weight excluding hydrogens is 342 g/mol. The van der Waals surface area contributed by atoms with E-state index < -0.39 is 0 Å². The molecule has 0 aliphatic heterocycles. The van der Waals surface area contributed by atoms with E-state index in [4.69, 9.17) is 9.47 Å². The van der Waals surface area contributed by atoms with Gasteiger partial charge in [0.05, 0.1) is 32.3 Å². The van der Waals surface area contributed by atoms with Crippen LogP contribution < -0.4 is 10.6 Å². The summed E-state index contributed by atoms with van der Waals surface area (Å²) in [6.45, 7) is 6.99. The number of nitrogens with one attached hydrogen (secondary N) is 2. The smallest absolute Gasteiger partial charge is 0.308 e. The Morgan fingerprint density at radius 1 is 1.15 bits per heavy atom. The van der Waals surface area contributed by atoms with Crippen LogP contribution in [-0.2, 0) is 20.9 Å². The summed E-state index contributed by atoms with van der Waals surface area (Å²) in [5.74, 6) is 0.821. The number of ether oxygens (including phenoxy) is 2. The van der Waals surface area contributed by atoms with Crippen LogP contribution in [0.25, 0.3) is 0 Å². The van der Waals surface area contributed by atoms with Crippen molar-refractivity contribution in [2.75, 3.05) is 26.3 Å². The third-order valence-electron chi connectivity index (χ3n) is 4.65. The van der Waals surface area contributed by atoms with Gasteiger partial charge in [-0.2, -0.15) is 0 Å². The van der Waals surface area contributed by atoms with E-state index in [1.165, 1.54) is 5.56 Å². The van der Waals surface area contributed by atoms with Gasteiger partial charge in [-0.25, -0.2) is 0 Å². The van der Waals surface area contributed by atoms with Crippen LogP contribution >= 0.6 is 0 Å². The van der Waals surface area contributed by atoms with E-state index in [1.54, 1.807) is 0 Å². The first-order chi connectivity index (χ1) is 13.2. The Morgan fingerprint density at radius 3 is 2.56 bits per heavy atom. The molecule has 0 atom stereocenters. The first-order valence-corrected chi connectivity index (χ1v) is 10.1. The van der Waals surface area contributed by atoms with E-state index in [-0.39, 0.29) is 11.9 Å². The van der Waals surface area contributed by atoms with Crippen LogP contribution in [0.3, 0.4) is 0 Å². The first kappa shape index (κ1) is 21.2. The fraction of sp³-hybridized carbons (Fsp3) is 0.619. The van der Waals surface area contributed by atoms with Gasteiger partial charge >= 0.3 is 5.97 Å². The Hall–Kier alpha value is -2.08. The highest BCUT2D eigenvalue weighted by Gasteiger charge is 2.27.